The summed E-state index contributed by atoms with van der Waals surface area (Å²) in [5.74, 6) is 0.157. The van der Waals surface area contributed by atoms with E-state index in [1.54, 1.807) is 6.07 Å². The zero-order chi connectivity index (χ0) is 27.6. The van der Waals surface area contributed by atoms with E-state index in [4.69, 9.17) is 11.6 Å². The SMILES string of the molecule is O=C1N=C(N2CCC[C@H]2C(=O)Nc2ccc3ncnc(Nc4cccc(Cl)c4)c3c2)S/C1=C\c1cccc(Br)c1. The van der Waals surface area contributed by atoms with E-state index in [0.717, 1.165) is 33.0 Å². The second kappa shape index (κ2) is 11.4. The summed E-state index contributed by atoms with van der Waals surface area (Å²) in [5.41, 5.74) is 3.06. The summed E-state index contributed by atoms with van der Waals surface area (Å²) >= 11 is 10.9. The molecule has 4 aromatic rings. The van der Waals surface area contributed by atoms with Gasteiger partial charge >= 0.3 is 0 Å². The lowest BCUT2D eigenvalue weighted by Crippen LogP contribution is -2.41. The number of amidine groups is 1. The van der Waals surface area contributed by atoms with Crippen molar-refractivity contribution in [1.29, 1.82) is 0 Å². The number of anilines is 3. The fraction of sp³-hybridized carbons (Fsp3) is 0.138. The number of benzene rings is 3. The smallest absolute Gasteiger partial charge is 0.286 e. The molecule has 11 heteroatoms. The van der Waals surface area contributed by atoms with E-state index in [1.165, 1.54) is 18.1 Å². The van der Waals surface area contributed by atoms with E-state index in [0.29, 0.717) is 39.6 Å². The molecule has 40 heavy (non-hydrogen) atoms. The molecule has 8 nitrogen and oxygen atoms in total. The molecule has 3 heterocycles. The van der Waals surface area contributed by atoms with Crippen molar-refractivity contribution in [2.24, 2.45) is 4.99 Å². The Morgan fingerprint density at radius 1 is 1.07 bits per heavy atom. The van der Waals surface area contributed by atoms with Crippen molar-refractivity contribution in [3.63, 3.8) is 0 Å². The Bertz CT molecular complexity index is 1710. The van der Waals surface area contributed by atoms with Gasteiger partial charge in [0.05, 0.1) is 10.4 Å². The van der Waals surface area contributed by atoms with Gasteiger partial charge in [-0.25, -0.2) is 9.97 Å². The Balaban J connectivity index is 1.19. The predicted molar refractivity (Wildman–Crippen MR) is 165 cm³/mol. The van der Waals surface area contributed by atoms with Crippen molar-refractivity contribution in [1.82, 2.24) is 14.9 Å². The lowest BCUT2D eigenvalue weighted by atomic mass is 10.1. The highest BCUT2D eigenvalue weighted by atomic mass is 79.9. The molecule has 0 aliphatic carbocycles. The summed E-state index contributed by atoms with van der Waals surface area (Å²) in [4.78, 5) is 41.6. The normalized spacial score (nSPS) is 17.9. The average molecular weight is 634 g/mol. The molecule has 1 saturated heterocycles. The number of hydrogen-bond donors (Lipinski definition) is 2. The molecular formula is C29H22BrClN6O2S. The predicted octanol–water partition coefficient (Wildman–Crippen LogP) is 6.86. The Morgan fingerprint density at radius 2 is 1.95 bits per heavy atom. The topological polar surface area (TPSA) is 99.6 Å². The maximum atomic E-state index is 13.4. The van der Waals surface area contributed by atoms with Crippen molar-refractivity contribution in [2.75, 3.05) is 17.2 Å². The molecule has 0 spiro atoms. The Kier molecular flexibility index (Phi) is 7.55. The van der Waals surface area contributed by atoms with Crippen LogP contribution in [0.3, 0.4) is 0 Å². The number of carbonyl (C=O) groups is 2. The highest BCUT2D eigenvalue weighted by Gasteiger charge is 2.37. The molecule has 0 saturated carbocycles. The highest BCUT2D eigenvalue weighted by molar-refractivity contribution is 9.10. The second-order valence-electron chi connectivity index (χ2n) is 9.30. The van der Waals surface area contributed by atoms with E-state index in [2.05, 4.69) is 41.5 Å². The minimum atomic E-state index is -0.434. The first-order chi connectivity index (χ1) is 19.4. The molecule has 200 valence electrons. The van der Waals surface area contributed by atoms with Gasteiger partial charge in [-0.1, -0.05) is 45.7 Å². The van der Waals surface area contributed by atoms with Gasteiger partial charge in [-0.2, -0.15) is 4.99 Å². The molecule has 1 fully saturated rings. The van der Waals surface area contributed by atoms with Gasteiger partial charge < -0.3 is 15.5 Å². The van der Waals surface area contributed by atoms with Gasteiger partial charge in [-0.05, 0) is 84.8 Å². The van der Waals surface area contributed by atoms with Gasteiger partial charge in [0.1, 0.15) is 18.2 Å². The van der Waals surface area contributed by atoms with Gasteiger partial charge in [-0.3, -0.25) is 9.59 Å². The number of likely N-dealkylation sites (tertiary alicyclic amines) is 1. The lowest BCUT2D eigenvalue weighted by molar-refractivity contribution is -0.119. The van der Waals surface area contributed by atoms with E-state index in [1.807, 2.05) is 71.6 Å². The molecule has 3 aromatic carbocycles. The Morgan fingerprint density at radius 3 is 2.80 bits per heavy atom. The van der Waals surface area contributed by atoms with E-state index in [-0.39, 0.29) is 11.8 Å². The van der Waals surface area contributed by atoms with Gasteiger partial charge in [0.2, 0.25) is 5.91 Å². The fourth-order valence-electron chi connectivity index (χ4n) is 4.70. The van der Waals surface area contributed by atoms with Crippen LogP contribution in [0.2, 0.25) is 5.02 Å². The first kappa shape index (κ1) is 26.5. The average Bonchev–Trinajstić information content (AvgIpc) is 3.56. The zero-order valence-corrected chi connectivity index (χ0v) is 24.1. The third kappa shape index (κ3) is 5.74. The third-order valence-electron chi connectivity index (χ3n) is 6.55. The second-order valence-corrected chi connectivity index (χ2v) is 11.7. The van der Waals surface area contributed by atoms with Gasteiger partial charge in [0, 0.05) is 32.8 Å². The van der Waals surface area contributed by atoms with E-state index < -0.39 is 6.04 Å². The molecule has 6 rings (SSSR count). The summed E-state index contributed by atoms with van der Waals surface area (Å²) < 4.78 is 0.933. The van der Waals surface area contributed by atoms with Crippen LogP contribution in [0.4, 0.5) is 17.2 Å². The number of nitrogens with zero attached hydrogens (tertiary/aromatic N) is 4. The van der Waals surface area contributed by atoms with Crippen molar-refractivity contribution in [3.8, 4) is 0 Å². The molecule has 2 N–H and O–H groups in total. The van der Waals surface area contributed by atoms with Crippen LogP contribution in [0.15, 0.2) is 87.4 Å². The van der Waals surface area contributed by atoms with Crippen molar-refractivity contribution >= 4 is 90.4 Å². The minimum Gasteiger partial charge on any atom is -0.340 e. The lowest BCUT2D eigenvalue weighted by Gasteiger charge is -2.24. The number of carbonyl (C=O) groups excluding carboxylic acids is 2. The van der Waals surface area contributed by atoms with E-state index in [9.17, 15) is 9.59 Å². The van der Waals surface area contributed by atoms with Crippen LogP contribution < -0.4 is 10.6 Å². The summed E-state index contributed by atoms with van der Waals surface area (Å²) in [5, 5.41) is 8.25. The van der Waals surface area contributed by atoms with E-state index >= 15 is 0 Å². The maximum Gasteiger partial charge on any atom is 0.286 e. The van der Waals surface area contributed by atoms with Crippen LogP contribution in [0, 0.1) is 0 Å². The van der Waals surface area contributed by atoms with Crippen LogP contribution in [-0.4, -0.2) is 44.4 Å². The number of amides is 2. The molecule has 2 amide bonds. The zero-order valence-electron chi connectivity index (χ0n) is 21.0. The molecule has 0 unspecified atom stereocenters. The summed E-state index contributed by atoms with van der Waals surface area (Å²) in [7, 11) is 0. The summed E-state index contributed by atoms with van der Waals surface area (Å²) in [6, 6.07) is 20.2. The number of rotatable bonds is 5. The third-order valence-corrected chi connectivity index (χ3v) is 8.30. The Labute approximate surface area is 248 Å². The van der Waals surface area contributed by atoms with Crippen molar-refractivity contribution in [3.05, 3.63) is 93.0 Å². The van der Waals surface area contributed by atoms with Crippen molar-refractivity contribution in [2.45, 2.75) is 18.9 Å². The Hall–Kier alpha value is -3.73. The van der Waals surface area contributed by atoms with Gasteiger partial charge in [0.25, 0.3) is 5.91 Å². The number of hydrogen-bond acceptors (Lipinski definition) is 7. The highest BCUT2D eigenvalue weighted by Crippen LogP contribution is 2.34. The van der Waals surface area contributed by atoms with Crippen LogP contribution in [0.1, 0.15) is 18.4 Å². The van der Waals surface area contributed by atoms with Crippen LogP contribution in [0.25, 0.3) is 17.0 Å². The molecule has 0 radical (unpaired) electrons. The monoisotopic (exact) mass is 632 g/mol. The largest absolute Gasteiger partial charge is 0.340 e. The number of halogens is 2. The van der Waals surface area contributed by atoms with Gasteiger partial charge in [-0.15, -0.1) is 0 Å². The number of aliphatic imine (C=N–C) groups is 1. The molecule has 1 aromatic heterocycles. The number of thioether (sulfide) groups is 1. The number of aromatic nitrogens is 2. The van der Waals surface area contributed by atoms with Crippen LogP contribution in [0.5, 0.6) is 0 Å². The van der Waals surface area contributed by atoms with Gasteiger partial charge in [0.15, 0.2) is 5.17 Å². The number of fused-ring (bicyclic) bond motifs is 1. The fourth-order valence-corrected chi connectivity index (χ4v) is 6.30. The summed E-state index contributed by atoms with van der Waals surface area (Å²) in [6.07, 6.45) is 4.81. The van der Waals surface area contributed by atoms with Crippen LogP contribution in [-0.2, 0) is 9.59 Å². The molecule has 2 aliphatic rings. The standard InChI is InChI=1S/C29H22BrClN6O2S/c30-18-5-1-4-17(12-18)13-25-28(39)36-29(40-25)37-11-3-8-24(37)27(38)35-21-9-10-23-22(15-21)26(33-16-32-23)34-20-7-2-6-19(31)14-20/h1-2,4-7,9-10,12-16,24H,3,8,11H2,(H,35,38)(H,32,33,34)/b25-13-/t24-/m0/s1. The van der Waals surface area contributed by atoms with Crippen molar-refractivity contribution < 1.29 is 9.59 Å². The maximum absolute atomic E-state index is 13.4. The molecular weight excluding hydrogens is 612 g/mol. The minimum absolute atomic E-state index is 0.154. The summed E-state index contributed by atoms with van der Waals surface area (Å²) in [6.45, 7) is 0.653. The first-order valence-electron chi connectivity index (χ1n) is 12.6. The molecule has 2 aliphatic heterocycles. The van der Waals surface area contributed by atoms with Crippen LogP contribution >= 0.6 is 39.3 Å². The molecule has 0 bridgehead atoms. The first-order valence-corrected chi connectivity index (χ1v) is 14.5. The number of nitrogens with one attached hydrogen (secondary N) is 2. The molecule has 1 atom stereocenters. The quantitative estimate of drug-likeness (QED) is 0.232.